The van der Waals surface area contributed by atoms with Gasteiger partial charge in [-0.3, -0.25) is 9.48 Å². The summed E-state index contributed by atoms with van der Waals surface area (Å²) in [5, 5.41) is 4.54. The fraction of sp³-hybridized carbons (Fsp3) is 0.333. The van der Waals surface area contributed by atoms with Gasteiger partial charge < -0.3 is 0 Å². The normalized spacial score (nSPS) is 10.9. The summed E-state index contributed by atoms with van der Waals surface area (Å²) >= 11 is 0. The summed E-state index contributed by atoms with van der Waals surface area (Å²) in [6, 6.07) is 6.34. The summed E-state index contributed by atoms with van der Waals surface area (Å²) in [5.41, 5.74) is 4.85. The highest BCUT2D eigenvalue weighted by atomic mass is 16.1. The molecule has 3 nitrogen and oxygen atoms in total. The van der Waals surface area contributed by atoms with Crippen LogP contribution in [0, 0.1) is 13.8 Å². The largest absolute Gasteiger partial charge is 0.298 e. The van der Waals surface area contributed by atoms with Crippen molar-refractivity contribution in [1.29, 1.82) is 0 Å². The first-order valence-corrected chi connectivity index (χ1v) is 6.15. The predicted octanol–water partition coefficient (Wildman–Crippen LogP) is 3.56. The van der Waals surface area contributed by atoms with Crippen molar-refractivity contribution in [3.63, 3.8) is 0 Å². The maximum Gasteiger partial charge on any atom is 0.153 e. The van der Waals surface area contributed by atoms with Crippen LogP contribution in [0.4, 0.5) is 0 Å². The molecule has 0 radical (unpaired) electrons. The van der Waals surface area contributed by atoms with Gasteiger partial charge in [0.1, 0.15) is 5.69 Å². The van der Waals surface area contributed by atoms with Gasteiger partial charge in [-0.05, 0) is 38.8 Å². The second-order valence-corrected chi connectivity index (χ2v) is 4.87. The molecule has 0 bridgehead atoms. The molecule has 0 saturated carbocycles. The quantitative estimate of drug-likeness (QED) is 0.771. The van der Waals surface area contributed by atoms with Crippen LogP contribution in [0.25, 0.3) is 11.3 Å². The van der Waals surface area contributed by atoms with Crippen LogP contribution in [0.2, 0.25) is 0 Å². The molecule has 0 atom stereocenters. The van der Waals surface area contributed by atoms with Gasteiger partial charge in [-0.1, -0.05) is 18.2 Å². The maximum absolute atomic E-state index is 11.2. The minimum atomic E-state index is 0.252. The van der Waals surface area contributed by atoms with Crippen LogP contribution < -0.4 is 0 Å². The lowest BCUT2D eigenvalue weighted by Gasteiger charge is -2.07. The number of carbonyl (C=O) groups excluding carboxylic acids is 1. The van der Waals surface area contributed by atoms with Gasteiger partial charge in [-0.15, -0.1) is 0 Å². The van der Waals surface area contributed by atoms with Gasteiger partial charge >= 0.3 is 0 Å². The number of nitrogens with zero attached hydrogens (tertiary/aromatic N) is 2. The Balaban J connectivity index is 2.63. The molecule has 0 fully saturated rings. The van der Waals surface area contributed by atoms with Crippen LogP contribution in [0.5, 0.6) is 0 Å². The first kappa shape index (κ1) is 12.6. The second kappa shape index (κ2) is 4.77. The molecule has 1 aromatic heterocycles. The topological polar surface area (TPSA) is 34.9 Å². The Bertz CT molecular complexity index is 582. The number of rotatable bonds is 3. The van der Waals surface area contributed by atoms with Crippen LogP contribution in [-0.2, 0) is 0 Å². The molecule has 3 heteroatoms. The van der Waals surface area contributed by atoms with Gasteiger partial charge in [0.05, 0.1) is 5.56 Å². The second-order valence-electron chi connectivity index (χ2n) is 4.87. The third-order valence-electron chi connectivity index (χ3n) is 3.28. The molecule has 0 amide bonds. The van der Waals surface area contributed by atoms with Gasteiger partial charge in [0, 0.05) is 17.8 Å². The predicted molar refractivity (Wildman–Crippen MR) is 72.9 cm³/mol. The van der Waals surface area contributed by atoms with Crippen molar-refractivity contribution in [3.05, 3.63) is 41.1 Å². The van der Waals surface area contributed by atoms with E-state index in [4.69, 9.17) is 0 Å². The zero-order valence-electron chi connectivity index (χ0n) is 11.3. The van der Waals surface area contributed by atoms with E-state index in [2.05, 4.69) is 38.9 Å². The molecule has 0 aliphatic heterocycles. The number of carbonyl (C=O) groups is 1. The average Bonchev–Trinajstić information content (AvgIpc) is 2.76. The number of hydrogen-bond acceptors (Lipinski definition) is 2. The number of benzene rings is 1. The van der Waals surface area contributed by atoms with Gasteiger partial charge in [-0.2, -0.15) is 5.10 Å². The van der Waals surface area contributed by atoms with Crippen LogP contribution in [0.15, 0.2) is 24.4 Å². The van der Waals surface area contributed by atoms with Crippen LogP contribution in [0.1, 0.15) is 41.4 Å². The lowest BCUT2D eigenvalue weighted by Crippen LogP contribution is -2.01. The van der Waals surface area contributed by atoms with E-state index in [0.29, 0.717) is 5.56 Å². The van der Waals surface area contributed by atoms with Gasteiger partial charge in [0.25, 0.3) is 0 Å². The third-order valence-corrected chi connectivity index (χ3v) is 3.28. The van der Waals surface area contributed by atoms with E-state index in [1.54, 1.807) is 0 Å². The van der Waals surface area contributed by atoms with Crippen LogP contribution in [-0.4, -0.2) is 16.1 Å². The molecule has 1 aromatic carbocycles. The first-order chi connectivity index (χ1) is 8.54. The molecule has 0 unspecified atom stereocenters. The zero-order valence-corrected chi connectivity index (χ0v) is 11.3. The lowest BCUT2D eigenvalue weighted by atomic mass is 9.99. The minimum absolute atomic E-state index is 0.252. The Morgan fingerprint density at radius 1 is 1.28 bits per heavy atom. The summed E-state index contributed by atoms with van der Waals surface area (Å²) in [6.07, 6.45) is 2.69. The molecular weight excluding hydrogens is 224 g/mol. The summed E-state index contributed by atoms with van der Waals surface area (Å²) in [5.74, 6) is 0. The van der Waals surface area contributed by atoms with E-state index in [9.17, 15) is 4.79 Å². The third kappa shape index (κ3) is 2.08. The van der Waals surface area contributed by atoms with E-state index in [1.807, 2.05) is 23.0 Å². The van der Waals surface area contributed by atoms with E-state index in [0.717, 1.165) is 17.5 Å². The van der Waals surface area contributed by atoms with Crippen molar-refractivity contribution in [2.45, 2.75) is 33.7 Å². The number of hydrogen-bond donors (Lipinski definition) is 0. The number of aryl methyl sites for hydroxylation is 1. The number of aromatic nitrogens is 2. The van der Waals surface area contributed by atoms with Crippen molar-refractivity contribution in [2.75, 3.05) is 0 Å². The summed E-state index contributed by atoms with van der Waals surface area (Å²) in [4.78, 5) is 11.2. The van der Waals surface area contributed by atoms with Crippen LogP contribution in [0.3, 0.4) is 0 Å². The van der Waals surface area contributed by atoms with Crippen molar-refractivity contribution < 1.29 is 4.79 Å². The van der Waals surface area contributed by atoms with E-state index in [-0.39, 0.29) is 6.04 Å². The molecule has 0 aliphatic rings. The molecule has 94 valence electrons. The summed E-state index contributed by atoms with van der Waals surface area (Å²) in [7, 11) is 0. The van der Waals surface area contributed by atoms with Gasteiger partial charge in [-0.25, -0.2) is 0 Å². The summed E-state index contributed by atoms with van der Waals surface area (Å²) < 4.78 is 1.83. The Kier molecular flexibility index (Phi) is 3.32. The van der Waals surface area contributed by atoms with Gasteiger partial charge in [0.2, 0.25) is 0 Å². The molecule has 2 aromatic rings. The minimum Gasteiger partial charge on any atom is -0.298 e. The Labute approximate surface area is 107 Å². The average molecular weight is 242 g/mol. The van der Waals surface area contributed by atoms with Gasteiger partial charge in [0.15, 0.2) is 6.29 Å². The highest BCUT2D eigenvalue weighted by molar-refractivity contribution is 5.86. The Morgan fingerprint density at radius 3 is 2.61 bits per heavy atom. The maximum atomic E-state index is 11.2. The summed E-state index contributed by atoms with van der Waals surface area (Å²) in [6.45, 7) is 8.23. The smallest absolute Gasteiger partial charge is 0.153 e. The SMILES string of the molecule is Cc1cccc(-c2nn(C(C)C)cc2C=O)c1C. The van der Waals surface area contributed by atoms with Crippen molar-refractivity contribution in [2.24, 2.45) is 0 Å². The molecule has 2 rings (SSSR count). The molecule has 0 saturated heterocycles. The molecule has 18 heavy (non-hydrogen) atoms. The van der Waals surface area contributed by atoms with E-state index >= 15 is 0 Å². The zero-order chi connectivity index (χ0) is 13.3. The highest BCUT2D eigenvalue weighted by Gasteiger charge is 2.14. The molecule has 1 heterocycles. The molecule has 0 spiro atoms. The monoisotopic (exact) mass is 242 g/mol. The molecular formula is C15H18N2O. The first-order valence-electron chi connectivity index (χ1n) is 6.15. The van der Waals surface area contributed by atoms with Crippen LogP contribution >= 0.6 is 0 Å². The Morgan fingerprint density at radius 2 is 2.00 bits per heavy atom. The standard InChI is InChI=1S/C15H18N2O/c1-10(2)17-8-13(9-18)15(16-17)14-7-5-6-11(3)12(14)4/h5-10H,1-4H3. The molecule has 0 N–H and O–H groups in total. The highest BCUT2D eigenvalue weighted by Crippen LogP contribution is 2.27. The van der Waals surface area contributed by atoms with E-state index in [1.165, 1.54) is 11.1 Å². The van der Waals surface area contributed by atoms with Crippen molar-refractivity contribution in [1.82, 2.24) is 9.78 Å². The Hall–Kier alpha value is -1.90. The fourth-order valence-electron chi connectivity index (χ4n) is 1.97. The molecule has 0 aliphatic carbocycles. The number of aldehydes is 1. The van der Waals surface area contributed by atoms with Crippen molar-refractivity contribution in [3.8, 4) is 11.3 Å². The van der Waals surface area contributed by atoms with E-state index < -0.39 is 0 Å². The lowest BCUT2D eigenvalue weighted by molar-refractivity contribution is 0.112. The van der Waals surface area contributed by atoms with Crippen molar-refractivity contribution >= 4 is 6.29 Å². The fourth-order valence-corrected chi connectivity index (χ4v) is 1.97.